The molecule has 0 saturated heterocycles. The van der Waals surface area contributed by atoms with Crippen molar-refractivity contribution < 1.29 is 33.6 Å². The van der Waals surface area contributed by atoms with Gasteiger partial charge in [-0.05, 0) is 62.3 Å². The Hall–Kier alpha value is -2.75. The molecule has 1 rings (SSSR count). The van der Waals surface area contributed by atoms with Gasteiger partial charge in [0.05, 0.1) is 25.9 Å². The third kappa shape index (κ3) is 6.63. The molecule has 0 aliphatic carbocycles. The second kappa shape index (κ2) is 11.9. The molecular formula is C23H39N3O7. The first-order valence-corrected chi connectivity index (χ1v) is 11.1. The Morgan fingerprint density at radius 3 is 1.45 bits per heavy atom. The normalized spacial score (nSPS) is 12.2. The molecule has 188 valence electrons. The highest BCUT2D eigenvalue weighted by molar-refractivity contribution is 5.76. The molecule has 1 heterocycles. The number of pyridine rings is 1. The number of hydrogen-bond acceptors (Lipinski definition) is 8. The lowest BCUT2D eigenvalue weighted by atomic mass is 10.1. The monoisotopic (exact) mass is 469 g/mol. The molecule has 0 spiro atoms. The first-order chi connectivity index (χ1) is 15.3. The van der Waals surface area contributed by atoms with Gasteiger partial charge in [-0.2, -0.15) is 4.98 Å². The van der Waals surface area contributed by atoms with Crippen LogP contribution in [0.5, 0.6) is 23.3 Å². The van der Waals surface area contributed by atoms with Crippen LogP contribution in [0.2, 0.25) is 0 Å². The zero-order chi connectivity index (χ0) is 25.6. The lowest BCUT2D eigenvalue weighted by Crippen LogP contribution is -2.44. The van der Waals surface area contributed by atoms with Crippen LogP contribution >= 0.6 is 0 Å². The van der Waals surface area contributed by atoms with Gasteiger partial charge in [0.15, 0.2) is 5.75 Å². The van der Waals surface area contributed by atoms with Crippen molar-refractivity contribution in [3.8, 4) is 23.3 Å². The van der Waals surface area contributed by atoms with Crippen molar-refractivity contribution in [2.45, 2.75) is 92.6 Å². The molecule has 1 N–H and O–H groups in total. The van der Waals surface area contributed by atoms with Crippen LogP contribution in [0.3, 0.4) is 0 Å². The molecule has 2 amide bonds. The van der Waals surface area contributed by atoms with Crippen LogP contribution in [-0.2, 0) is 0 Å². The van der Waals surface area contributed by atoms with Gasteiger partial charge in [0.25, 0.3) is 5.88 Å². The minimum Gasteiger partial charge on any atom is -0.489 e. The SMILES string of the molecule is COc1nc(OC(=O)N(C(C)C)C(C)C)c(C(C)O)c(OC(=O)N(C(C)C)C(C)C)c1OC. The molecule has 1 atom stereocenters. The van der Waals surface area contributed by atoms with Crippen molar-refractivity contribution in [1.29, 1.82) is 0 Å². The molecule has 0 aromatic carbocycles. The van der Waals surface area contributed by atoms with Crippen LogP contribution in [-0.4, -0.2) is 70.5 Å². The lowest BCUT2D eigenvalue weighted by molar-refractivity contribution is 0.114. The summed E-state index contributed by atoms with van der Waals surface area (Å²) in [7, 11) is 2.71. The van der Waals surface area contributed by atoms with Crippen molar-refractivity contribution in [3.05, 3.63) is 5.56 Å². The summed E-state index contributed by atoms with van der Waals surface area (Å²) in [5.41, 5.74) is -0.00530. The maximum Gasteiger partial charge on any atom is 0.417 e. The maximum absolute atomic E-state index is 13.0. The Morgan fingerprint density at radius 1 is 0.697 bits per heavy atom. The Labute approximate surface area is 196 Å². The number of carbonyl (C=O) groups excluding carboxylic acids is 2. The van der Waals surface area contributed by atoms with Crippen molar-refractivity contribution in [3.63, 3.8) is 0 Å². The topological polar surface area (TPSA) is 111 Å². The van der Waals surface area contributed by atoms with E-state index in [9.17, 15) is 14.7 Å². The fraction of sp³-hybridized carbons (Fsp3) is 0.696. The molecule has 0 fully saturated rings. The number of nitrogens with zero attached hydrogens (tertiary/aromatic N) is 3. The second-order valence-corrected chi connectivity index (χ2v) is 8.80. The summed E-state index contributed by atoms with van der Waals surface area (Å²) < 4.78 is 22.0. The number of hydrogen-bond donors (Lipinski definition) is 1. The second-order valence-electron chi connectivity index (χ2n) is 8.80. The van der Waals surface area contributed by atoms with Gasteiger partial charge >= 0.3 is 12.2 Å². The fourth-order valence-corrected chi connectivity index (χ4v) is 3.70. The molecule has 0 bridgehead atoms. The van der Waals surface area contributed by atoms with Crippen molar-refractivity contribution in [1.82, 2.24) is 14.8 Å². The van der Waals surface area contributed by atoms with E-state index in [1.165, 1.54) is 30.9 Å². The van der Waals surface area contributed by atoms with Crippen LogP contribution in [0.25, 0.3) is 0 Å². The number of aromatic nitrogens is 1. The molecular weight excluding hydrogens is 430 g/mol. The minimum absolute atomic E-state index is 0.00131. The smallest absolute Gasteiger partial charge is 0.417 e. The summed E-state index contributed by atoms with van der Waals surface area (Å²) in [6.45, 7) is 16.3. The molecule has 1 aromatic rings. The predicted molar refractivity (Wildman–Crippen MR) is 124 cm³/mol. The molecule has 10 nitrogen and oxygen atoms in total. The number of aliphatic hydroxyl groups excluding tert-OH is 1. The Bertz CT molecular complexity index is 807. The highest BCUT2D eigenvalue weighted by atomic mass is 16.6. The van der Waals surface area contributed by atoms with Crippen LogP contribution in [0, 0.1) is 0 Å². The zero-order valence-corrected chi connectivity index (χ0v) is 21.6. The number of ether oxygens (including phenoxy) is 4. The van der Waals surface area contributed by atoms with Crippen molar-refractivity contribution >= 4 is 12.2 Å². The molecule has 33 heavy (non-hydrogen) atoms. The number of methoxy groups -OCH3 is 2. The molecule has 0 saturated carbocycles. The van der Waals surface area contributed by atoms with Crippen molar-refractivity contribution in [2.75, 3.05) is 14.2 Å². The molecule has 1 unspecified atom stereocenters. The first-order valence-electron chi connectivity index (χ1n) is 11.1. The highest BCUT2D eigenvalue weighted by Crippen LogP contribution is 2.46. The van der Waals surface area contributed by atoms with Gasteiger partial charge < -0.3 is 33.9 Å². The molecule has 10 heteroatoms. The van der Waals surface area contributed by atoms with Gasteiger partial charge in [0, 0.05) is 24.2 Å². The summed E-state index contributed by atoms with van der Waals surface area (Å²) in [6.07, 6.45) is -2.53. The average molecular weight is 470 g/mol. The minimum atomic E-state index is -1.21. The van der Waals surface area contributed by atoms with Gasteiger partial charge in [0.2, 0.25) is 11.6 Å². The maximum atomic E-state index is 13.0. The largest absolute Gasteiger partial charge is 0.489 e. The van der Waals surface area contributed by atoms with Gasteiger partial charge in [-0.3, -0.25) is 0 Å². The summed E-state index contributed by atoms with van der Waals surface area (Å²) in [5.74, 6) is -0.422. The predicted octanol–water partition coefficient (Wildman–Crippen LogP) is 4.39. The van der Waals surface area contributed by atoms with Crippen LogP contribution < -0.4 is 18.9 Å². The van der Waals surface area contributed by atoms with E-state index in [0.717, 1.165) is 0 Å². The Balaban J connectivity index is 3.67. The van der Waals surface area contributed by atoms with E-state index in [1.807, 2.05) is 55.4 Å². The number of rotatable bonds is 9. The molecule has 1 aromatic heterocycles. The van der Waals surface area contributed by atoms with Crippen LogP contribution in [0.4, 0.5) is 9.59 Å². The summed E-state index contributed by atoms with van der Waals surface area (Å²) in [5, 5.41) is 10.6. The highest BCUT2D eigenvalue weighted by Gasteiger charge is 2.33. The van der Waals surface area contributed by atoms with E-state index in [4.69, 9.17) is 18.9 Å². The zero-order valence-electron chi connectivity index (χ0n) is 21.6. The third-order valence-electron chi connectivity index (χ3n) is 4.91. The summed E-state index contributed by atoms with van der Waals surface area (Å²) in [4.78, 5) is 33.3. The summed E-state index contributed by atoms with van der Waals surface area (Å²) >= 11 is 0. The van der Waals surface area contributed by atoms with Gasteiger partial charge in [0.1, 0.15) is 0 Å². The van der Waals surface area contributed by atoms with E-state index in [0.29, 0.717) is 0 Å². The standard InChI is InChI=1S/C23H39N3O7/c1-12(2)25(13(3)4)22(28)32-18-17(16(9)27)20(24-21(31-11)19(18)30-10)33-23(29)26(14(5)6)15(7)8/h12-16,27H,1-11H3. The molecule has 0 radical (unpaired) electrons. The third-order valence-corrected chi connectivity index (χ3v) is 4.91. The van der Waals surface area contributed by atoms with E-state index in [1.54, 1.807) is 0 Å². The average Bonchev–Trinajstić information content (AvgIpc) is 2.65. The van der Waals surface area contributed by atoms with E-state index in [2.05, 4.69) is 4.98 Å². The number of amides is 2. The number of carbonyl (C=O) groups is 2. The van der Waals surface area contributed by atoms with E-state index in [-0.39, 0.29) is 53.0 Å². The van der Waals surface area contributed by atoms with Gasteiger partial charge in [-0.15, -0.1) is 0 Å². The van der Waals surface area contributed by atoms with Crippen molar-refractivity contribution in [2.24, 2.45) is 0 Å². The summed E-state index contributed by atoms with van der Waals surface area (Å²) in [6, 6.07) is -0.582. The van der Waals surface area contributed by atoms with E-state index >= 15 is 0 Å². The van der Waals surface area contributed by atoms with Crippen LogP contribution in [0.1, 0.15) is 74.0 Å². The Kier molecular flexibility index (Phi) is 10.2. The number of aliphatic hydroxyl groups is 1. The van der Waals surface area contributed by atoms with Crippen LogP contribution in [0.15, 0.2) is 0 Å². The quantitative estimate of drug-likeness (QED) is 0.567. The lowest BCUT2D eigenvalue weighted by Gasteiger charge is -2.31. The first kappa shape index (κ1) is 28.3. The van der Waals surface area contributed by atoms with E-state index < -0.39 is 18.3 Å². The fourth-order valence-electron chi connectivity index (χ4n) is 3.70. The van der Waals surface area contributed by atoms with Gasteiger partial charge in [-0.25, -0.2) is 9.59 Å². The molecule has 0 aliphatic rings. The van der Waals surface area contributed by atoms with Gasteiger partial charge in [-0.1, -0.05) is 0 Å². The Morgan fingerprint density at radius 2 is 1.12 bits per heavy atom. The molecule has 0 aliphatic heterocycles.